The first-order chi connectivity index (χ1) is 23.2. The number of carbonyl (C=O) groups is 3. The summed E-state index contributed by atoms with van der Waals surface area (Å²) in [6.45, 7) is 10.9. The van der Waals surface area contributed by atoms with Crippen LogP contribution < -0.4 is 9.47 Å². The van der Waals surface area contributed by atoms with Crippen LogP contribution in [-0.2, 0) is 19.1 Å². The third kappa shape index (κ3) is 14.6. The van der Waals surface area contributed by atoms with E-state index in [-0.39, 0.29) is 17.1 Å². The van der Waals surface area contributed by atoms with E-state index in [2.05, 4.69) is 6.58 Å². The predicted octanol–water partition coefficient (Wildman–Crippen LogP) is 9.16. The van der Waals surface area contributed by atoms with Crippen LogP contribution in [0.15, 0.2) is 83.2 Å². The van der Waals surface area contributed by atoms with Gasteiger partial charge in [-0.25, -0.2) is 4.79 Å². The Kier molecular flexibility index (Phi) is 17.1. The number of hydrogen-bond acceptors (Lipinski definition) is 9. The summed E-state index contributed by atoms with van der Waals surface area (Å²) in [7, 11) is 0. The molecule has 0 atom stereocenters. The number of ether oxygens (including phenoxy) is 4. The summed E-state index contributed by atoms with van der Waals surface area (Å²) in [6, 6.07) is 19.1. The molecule has 0 saturated carbocycles. The van der Waals surface area contributed by atoms with Gasteiger partial charge in [0.05, 0.1) is 32.1 Å². The highest BCUT2D eigenvalue weighted by Gasteiger charge is 2.12. The van der Waals surface area contributed by atoms with Gasteiger partial charge in [-0.05, 0) is 154 Å². The zero-order valence-electron chi connectivity index (χ0n) is 28.3. The summed E-state index contributed by atoms with van der Waals surface area (Å²) >= 11 is 1.22. The highest BCUT2D eigenvalue weighted by Crippen LogP contribution is 2.32. The van der Waals surface area contributed by atoms with Crippen molar-refractivity contribution in [2.45, 2.75) is 77.0 Å². The Hall–Kier alpha value is -4.37. The topological polar surface area (TPSA) is 100 Å². The smallest absolute Gasteiger partial charge is 0.330 e. The van der Waals surface area contributed by atoms with Crippen LogP contribution in [0.4, 0.5) is 5.69 Å². The van der Waals surface area contributed by atoms with Gasteiger partial charge in [0.2, 0.25) is 5.12 Å². The molecule has 0 heterocycles. The van der Waals surface area contributed by atoms with Crippen LogP contribution in [0.2, 0.25) is 0 Å². The minimum absolute atomic E-state index is 0.0260. The van der Waals surface area contributed by atoms with E-state index in [4.69, 9.17) is 23.9 Å². The maximum Gasteiger partial charge on any atom is 0.330 e. The van der Waals surface area contributed by atoms with Crippen molar-refractivity contribution in [2.75, 3.05) is 26.4 Å². The monoisotopic (exact) mass is 673 g/mol. The predicted molar refractivity (Wildman–Crippen MR) is 192 cm³/mol. The molecular weight excluding hydrogens is 626 g/mol. The number of esters is 2. The van der Waals surface area contributed by atoms with E-state index in [1.54, 1.807) is 12.1 Å². The fourth-order valence-electron chi connectivity index (χ4n) is 4.61. The zero-order chi connectivity index (χ0) is 34.6. The summed E-state index contributed by atoms with van der Waals surface area (Å²) in [5.41, 5.74) is 4.41. The molecule has 0 aliphatic carbocycles. The molecule has 0 spiro atoms. The van der Waals surface area contributed by atoms with Crippen molar-refractivity contribution in [3.8, 4) is 11.5 Å². The summed E-state index contributed by atoms with van der Waals surface area (Å²) < 4.78 is 21.6. The number of rotatable bonds is 21. The van der Waals surface area contributed by atoms with Gasteiger partial charge >= 0.3 is 11.9 Å². The van der Waals surface area contributed by atoms with Crippen LogP contribution in [-0.4, -0.2) is 49.7 Å². The number of hydrogen-bond donors (Lipinski definition) is 0. The molecule has 0 fully saturated rings. The van der Waals surface area contributed by atoms with Crippen molar-refractivity contribution in [2.24, 2.45) is 4.99 Å². The maximum absolute atomic E-state index is 13.0. The standard InChI is InChI=1S/C39H47NO7S/c1-5-38(42)47-25-13-9-8-12-23-45-34-18-14-32(15-19-34)28-40-36-26-30(3)37(27-29(36)2)48-39(43)33-16-20-35(21-17-33)46-24-11-7-6-10-22-44-31(4)41/h5,14-21,26-28H,1,6-13,22-25H2,2-4H3. The summed E-state index contributed by atoms with van der Waals surface area (Å²) in [4.78, 5) is 40.5. The van der Waals surface area contributed by atoms with E-state index in [0.717, 1.165) is 90.1 Å². The molecule has 0 aliphatic rings. The van der Waals surface area contributed by atoms with Gasteiger partial charge < -0.3 is 18.9 Å². The zero-order valence-corrected chi connectivity index (χ0v) is 29.2. The van der Waals surface area contributed by atoms with Crippen LogP contribution in [0, 0.1) is 13.8 Å². The quantitative estimate of drug-likeness (QED) is 0.0363. The SMILES string of the molecule is C=CC(=O)OCCCCCCOc1ccc(C=Nc2cc(C)c(SC(=O)c3ccc(OCCCCCCOC(C)=O)cc3)cc2C)cc1. The highest BCUT2D eigenvalue weighted by atomic mass is 32.2. The van der Waals surface area contributed by atoms with E-state index in [9.17, 15) is 14.4 Å². The minimum atomic E-state index is -0.376. The Bertz CT molecular complexity index is 1500. The molecule has 0 saturated heterocycles. The van der Waals surface area contributed by atoms with E-state index < -0.39 is 0 Å². The van der Waals surface area contributed by atoms with Gasteiger partial charge in [0, 0.05) is 29.7 Å². The number of aryl methyl sites for hydroxylation is 2. The van der Waals surface area contributed by atoms with Crippen molar-refractivity contribution >= 4 is 40.7 Å². The average molecular weight is 674 g/mol. The minimum Gasteiger partial charge on any atom is -0.494 e. The Balaban J connectivity index is 1.40. The Morgan fingerprint density at radius 3 is 1.81 bits per heavy atom. The molecular formula is C39H47NO7S. The third-order valence-electron chi connectivity index (χ3n) is 7.35. The van der Waals surface area contributed by atoms with Gasteiger partial charge in [0.15, 0.2) is 0 Å². The fraction of sp³-hybridized carbons (Fsp3) is 0.385. The molecule has 3 aromatic rings. The first-order valence-corrected chi connectivity index (χ1v) is 17.3. The average Bonchev–Trinajstić information content (AvgIpc) is 3.08. The Morgan fingerprint density at radius 1 is 0.708 bits per heavy atom. The number of benzene rings is 3. The van der Waals surface area contributed by atoms with Gasteiger partial charge in [-0.15, -0.1) is 0 Å². The lowest BCUT2D eigenvalue weighted by molar-refractivity contribution is -0.141. The molecule has 9 heteroatoms. The molecule has 3 rings (SSSR count). The van der Waals surface area contributed by atoms with Gasteiger partial charge in [-0.1, -0.05) is 6.58 Å². The number of nitrogens with zero attached hydrogens (tertiary/aromatic N) is 1. The van der Waals surface area contributed by atoms with E-state index in [1.165, 1.54) is 24.8 Å². The number of aliphatic imine (C=N–C) groups is 1. The van der Waals surface area contributed by atoms with Gasteiger partial charge in [-0.3, -0.25) is 14.6 Å². The second-order valence-corrected chi connectivity index (χ2v) is 12.4. The molecule has 0 N–H and O–H groups in total. The van der Waals surface area contributed by atoms with E-state index in [0.29, 0.717) is 32.0 Å². The Labute approximate surface area is 288 Å². The number of carbonyl (C=O) groups excluding carboxylic acids is 3. The van der Waals surface area contributed by atoms with Gasteiger partial charge in [-0.2, -0.15) is 0 Å². The van der Waals surface area contributed by atoms with Crippen LogP contribution in [0.25, 0.3) is 0 Å². The molecule has 48 heavy (non-hydrogen) atoms. The van der Waals surface area contributed by atoms with Crippen LogP contribution in [0.3, 0.4) is 0 Å². The summed E-state index contributed by atoms with van der Waals surface area (Å²) in [5.74, 6) is 0.936. The van der Waals surface area contributed by atoms with Gasteiger partial charge in [0.25, 0.3) is 0 Å². The molecule has 0 aromatic heterocycles. The molecule has 0 amide bonds. The van der Waals surface area contributed by atoms with Crippen molar-refractivity contribution in [1.82, 2.24) is 0 Å². The maximum atomic E-state index is 13.0. The summed E-state index contributed by atoms with van der Waals surface area (Å²) in [6.07, 6.45) is 10.5. The molecule has 256 valence electrons. The van der Waals surface area contributed by atoms with E-state index in [1.807, 2.05) is 68.6 Å². The second kappa shape index (κ2) is 21.5. The molecule has 0 unspecified atom stereocenters. The first-order valence-electron chi connectivity index (χ1n) is 16.5. The fourth-order valence-corrected chi connectivity index (χ4v) is 5.52. The van der Waals surface area contributed by atoms with Gasteiger partial charge in [0.1, 0.15) is 11.5 Å². The van der Waals surface area contributed by atoms with Crippen molar-refractivity contribution in [1.29, 1.82) is 0 Å². The lowest BCUT2D eigenvalue weighted by Crippen LogP contribution is -2.02. The highest BCUT2D eigenvalue weighted by molar-refractivity contribution is 8.14. The molecule has 0 radical (unpaired) electrons. The van der Waals surface area contributed by atoms with Crippen LogP contribution in [0.5, 0.6) is 11.5 Å². The van der Waals surface area contributed by atoms with Crippen molar-refractivity contribution < 1.29 is 33.3 Å². The second-order valence-electron chi connectivity index (χ2n) is 11.4. The normalized spacial score (nSPS) is 10.9. The lowest BCUT2D eigenvalue weighted by atomic mass is 10.1. The first kappa shape index (κ1) is 38.1. The Morgan fingerprint density at radius 2 is 1.25 bits per heavy atom. The third-order valence-corrected chi connectivity index (χ3v) is 8.43. The lowest BCUT2D eigenvalue weighted by Gasteiger charge is -2.10. The molecule has 8 nitrogen and oxygen atoms in total. The van der Waals surface area contributed by atoms with Crippen molar-refractivity contribution in [3.63, 3.8) is 0 Å². The molecule has 3 aromatic carbocycles. The molecule has 0 bridgehead atoms. The van der Waals surface area contributed by atoms with Crippen LogP contribution >= 0.6 is 11.8 Å². The summed E-state index contributed by atoms with van der Waals surface area (Å²) in [5, 5.41) is -0.0260. The van der Waals surface area contributed by atoms with Crippen LogP contribution in [0.1, 0.15) is 85.3 Å². The molecule has 0 aliphatic heterocycles. The van der Waals surface area contributed by atoms with E-state index >= 15 is 0 Å². The van der Waals surface area contributed by atoms with Crippen molar-refractivity contribution in [3.05, 3.63) is 95.6 Å². The number of thioether (sulfide) groups is 1. The largest absolute Gasteiger partial charge is 0.494 e. The number of unbranched alkanes of at least 4 members (excludes halogenated alkanes) is 6.